The molecule has 6 heteroatoms. The van der Waals surface area contributed by atoms with Gasteiger partial charge in [-0.1, -0.05) is 13.8 Å². The molecule has 112 valence electrons. The number of aromatic carboxylic acids is 1. The zero-order valence-corrected chi connectivity index (χ0v) is 12.6. The van der Waals surface area contributed by atoms with Crippen LogP contribution in [-0.2, 0) is 0 Å². The lowest BCUT2D eigenvalue weighted by atomic mass is 10.2. The number of carboxylic acid groups (broad SMARTS) is 1. The molecule has 1 heterocycles. The Labute approximate surface area is 120 Å². The Kier molecular flexibility index (Phi) is 5.76. The first kappa shape index (κ1) is 16.2. The van der Waals surface area contributed by atoms with Crippen molar-refractivity contribution in [2.45, 2.75) is 13.8 Å². The molecule has 0 saturated carbocycles. The Morgan fingerprint density at radius 3 is 2.55 bits per heavy atom. The summed E-state index contributed by atoms with van der Waals surface area (Å²) in [4.78, 5) is 19.6. The average Bonchev–Trinajstić information content (AvgIpc) is 2.34. The van der Waals surface area contributed by atoms with Gasteiger partial charge in [0.2, 0.25) is 0 Å². The van der Waals surface area contributed by atoms with Gasteiger partial charge in [-0.15, -0.1) is 0 Å². The van der Waals surface area contributed by atoms with Gasteiger partial charge in [0, 0.05) is 19.6 Å². The SMILES string of the molecule is CC(C)CN(CCN(C)C)c1cc(C(=O)O)c(N)cn1. The van der Waals surface area contributed by atoms with Crippen LogP contribution in [0.25, 0.3) is 0 Å². The van der Waals surface area contributed by atoms with Crippen LogP contribution in [0.4, 0.5) is 11.5 Å². The highest BCUT2D eigenvalue weighted by molar-refractivity contribution is 5.94. The molecule has 0 aliphatic rings. The van der Waals surface area contributed by atoms with E-state index >= 15 is 0 Å². The third-order valence-corrected chi connectivity index (χ3v) is 2.88. The van der Waals surface area contributed by atoms with Crippen LogP contribution in [0.15, 0.2) is 12.3 Å². The number of anilines is 2. The molecule has 3 N–H and O–H groups in total. The van der Waals surface area contributed by atoms with Crippen molar-refractivity contribution in [3.05, 3.63) is 17.8 Å². The molecule has 0 unspecified atom stereocenters. The molecule has 0 aliphatic heterocycles. The lowest BCUT2D eigenvalue weighted by molar-refractivity contribution is 0.0698. The Balaban J connectivity index is 3.00. The van der Waals surface area contributed by atoms with E-state index < -0.39 is 5.97 Å². The molecule has 1 aromatic heterocycles. The van der Waals surface area contributed by atoms with Gasteiger partial charge in [-0.2, -0.15) is 0 Å². The van der Waals surface area contributed by atoms with Crippen LogP contribution in [0.1, 0.15) is 24.2 Å². The average molecular weight is 280 g/mol. The number of carboxylic acids is 1. The van der Waals surface area contributed by atoms with E-state index in [1.165, 1.54) is 6.20 Å². The molecule has 0 fully saturated rings. The summed E-state index contributed by atoms with van der Waals surface area (Å²) in [6, 6.07) is 1.55. The van der Waals surface area contributed by atoms with E-state index in [0.29, 0.717) is 11.7 Å². The highest BCUT2D eigenvalue weighted by atomic mass is 16.4. The lowest BCUT2D eigenvalue weighted by Crippen LogP contribution is -2.35. The summed E-state index contributed by atoms with van der Waals surface area (Å²) in [5.74, 6) is 0.0974. The van der Waals surface area contributed by atoms with Gasteiger partial charge in [0.05, 0.1) is 17.4 Å². The normalized spacial score (nSPS) is 11.1. The van der Waals surface area contributed by atoms with E-state index in [1.807, 2.05) is 14.1 Å². The van der Waals surface area contributed by atoms with Gasteiger partial charge in [-0.3, -0.25) is 0 Å². The first-order valence-electron chi connectivity index (χ1n) is 6.69. The molecule has 0 amide bonds. The molecule has 0 spiro atoms. The highest BCUT2D eigenvalue weighted by Crippen LogP contribution is 2.19. The number of rotatable bonds is 7. The minimum atomic E-state index is -1.02. The van der Waals surface area contributed by atoms with E-state index in [0.717, 1.165) is 19.6 Å². The third kappa shape index (κ3) is 4.70. The zero-order chi connectivity index (χ0) is 15.3. The predicted octanol–water partition coefficient (Wildman–Crippen LogP) is 1.39. The van der Waals surface area contributed by atoms with Crippen molar-refractivity contribution in [3.63, 3.8) is 0 Å². The van der Waals surface area contributed by atoms with Crippen LogP contribution >= 0.6 is 0 Å². The van der Waals surface area contributed by atoms with Gasteiger partial charge in [0.25, 0.3) is 0 Å². The fraction of sp³-hybridized carbons (Fsp3) is 0.571. The Bertz CT molecular complexity index is 460. The molecular weight excluding hydrogens is 256 g/mol. The summed E-state index contributed by atoms with van der Waals surface area (Å²) in [7, 11) is 4.01. The van der Waals surface area contributed by atoms with Crippen LogP contribution in [0.2, 0.25) is 0 Å². The largest absolute Gasteiger partial charge is 0.478 e. The van der Waals surface area contributed by atoms with Crippen molar-refractivity contribution >= 4 is 17.5 Å². The third-order valence-electron chi connectivity index (χ3n) is 2.88. The fourth-order valence-electron chi connectivity index (χ4n) is 1.87. The molecule has 0 bridgehead atoms. The Hall–Kier alpha value is -1.82. The molecule has 20 heavy (non-hydrogen) atoms. The van der Waals surface area contributed by atoms with Gasteiger partial charge in [-0.05, 0) is 26.1 Å². The second-order valence-corrected chi connectivity index (χ2v) is 5.58. The van der Waals surface area contributed by atoms with Gasteiger partial charge >= 0.3 is 5.97 Å². The topological polar surface area (TPSA) is 82.7 Å². The molecule has 0 saturated heterocycles. The van der Waals surface area contributed by atoms with Crippen molar-refractivity contribution in [3.8, 4) is 0 Å². The van der Waals surface area contributed by atoms with E-state index in [2.05, 4.69) is 28.6 Å². The zero-order valence-electron chi connectivity index (χ0n) is 12.6. The van der Waals surface area contributed by atoms with Crippen LogP contribution in [0, 0.1) is 5.92 Å². The smallest absolute Gasteiger partial charge is 0.337 e. The molecule has 1 rings (SSSR count). The number of hydrogen-bond acceptors (Lipinski definition) is 5. The number of carbonyl (C=O) groups is 1. The van der Waals surface area contributed by atoms with E-state index in [4.69, 9.17) is 10.8 Å². The maximum atomic E-state index is 11.2. The van der Waals surface area contributed by atoms with Crippen LogP contribution < -0.4 is 10.6 Å². The number of likely N-dealkylation sites (N-methyl/N-ethyl adjacent to an activating group) is 1. The summed E-state index contributed by atoms with van der Waals surface area (Å²) < 4.78 is 0. The quantitative estimate of drug-likeness (QED) is 0.785. The number of nitrogens with zero attached hydrogens (tertiary/aromatic N) is 3. The number of nitrogen functional groups attached to an aromatic ring is 1. The van der Waals surface area contributed by atoms with Gasteiger partial charge in [0.15, 0.2) is 0 Å². The lowest BCUT2D eigenvalue weighted by Gasteiger charge is -2.27. The maximum absolute atomic E-state index is 11.2. The fourth-order valence-corrected chi connectivity index (χ4v) is 1.87. The minimum Gasteiger partial charge on any atom is -0.478 e. The van der Waals surface area contributed by atoms with Gasteiger partial charge < -0.3 is 20.6 Å². The summed E-state index contributed by atoms with van der Waals surface area (Å²) in [5.41, 5.74) is 5.94. The van der Waals surface area contributed by atoms with Crippen molar-refractivity contribution in [2.24, 2.45) is 5.92 Å². The monoisotopic (exact) mass is 280 g/mol. The molecule has 0 aliphatic carbocycles. The summed E-state index contributed by atoms with van der Waals surface area (Å²) in [6.07, 6.45) is 1.42. The highest BCUT2D eigenvalue weighted by Gasteiger charge is 2.15. The number of aromatic nitrogens is 1. The summed E-state index contributed by atoms with van der Waals surface area (Å²) >= 11 is 0. The summed E-state index contributed by atoms with van der Waals surface area (Å²) in [6.45, 7) is 6.74. The van der Waals surface area contributed by atoms with Crippen molar-refractivity contribution in [1.29, 1.82) is 0 Å². The molecule has 6 nitrogen and oxygen atoms in total. The van der Waals surface area contributed by atoms with E-state index in [9.17, 15) is 4.79 Å². The van der Waals surface area contributed by atoms with Crippen LogP contribution in [0.5, 0.6) is 0 Å². The van der Waals surface area contributed by atoms with Crippen LogP contribution in [-0.4, -0.2) is 54.7 Å². The number of pyridine rings is 1. The molecule has 0 aromatic carbocycles. The minimum absolute atomic E-state index is 0.105. The number of hydrogen-bond donors (Lipinski definition) is 2. The predicted molar refractivity (Wildman–Crippen MR) is 81.2 cm³/mol. The Morgan fingerprint density at radius 2 is 2.05 bits per heavy atom. The van der Waals surface area contributed by atoms with Crippen molar-refractivity contribution in [2.75, 3.05) is 44.4 Å². The van der Waals surface area contributed by atoms with Crippen molar-refractivity contribution < 1.29 is 9.90 Å². The summed E-state index contributed by atoms with van der Waals surface area (Å²) in [5, 5.41) is 9.14. The second-order valence-electron chi connectivity index (χ2n) is 5.58. The molecule has 0 atom stereocenters. The first-order chi connectivity index (χ1) is 9.31. The van der Waals surface area contributed by atoms with E-state index in [-0.39, 0.29) is 11.3 Å². The van der Waals surface area contributed by atoms with Crippen LogP contribution in [0.3, 0.4) is 0 Å². The van der Waals surface area contributed by atoms with Gasteiger partial charge in [-0.25, -0.2) is 9.78 Å². The molecular formula is C14H24N4O2. The van der Waals surface area contributed by atoms with Crippen molar-refractivity contribution in [1.82, 2.24) is 9.88 Å². The molecule has 1 aromatic rings. The maximum Gasteiger partial charge on any atom is 0.337 e. The standard InChI is InChI=1S/C14H24N4O2/c1-10(2)9-18(6-5-17(3)4)13-7-11(14(19)20)12(15)8-16-13/h7-8,10H,5-6,9,15H2,1-4H3,(H,19,20). The second kappa shape index (κ2) is 7.09. The Morgan fingerprint density at radius 1 is 1.40 bits per heavy atom. The van der Waals surface area contributed by atoms with Gasteiger partial charge in [0.1, 0.15) is 5.82 Å². The number of nitrogens with two attached hydrogens (primary N) is 1. The molecule has 0 radical (unpaired) electrons. The first-order valence-corrected chi connectivity index (χ1v) is 6.69. The van der Waals surface area contributed by atoms with E-state index in [1.54, 1.807) is 6.07 Å².